The molecule has 1 amide bonds. The summed E-state index contributed by atoms with van der Waals surface area (Å²) in [5.74, 6) is 0.592. The number of aromatic nitrogens is 2. The van der Waals surface area contributed by atoms with Crippen molar-refractivity contribution in [3.8, 4) is 0 Å². The third-order valence-electron chi connectivity index (χ3n) is 2.33. The molecule has 1 heterocycles. The highest BCUT2D eigenvalue weighted by molar-refractivity contribution is 5.95. The van der Waals surface area contributed by atoms with Gasteiger partial charge in [0.1, 0.15) is 5.82 Å². The van der Waals surface area contributed by atoms with Crippen molar-refractivity contribution < 1.29 is 4.79 Å². The molecule has 0 aliphatic rings. The highest BCUT2D eigenvalue weighted by Gasteiger charge is 2.12. The Morgan fingerprint density at radius 3 is 2.73 bits per heavy atom. The van der Waals surface area contributed by atoms with Crippen LogP contribution in [0.15, 0.2) is 6.20 Å². The Morgan fingerprint density at radius 2 is 2.20 bits per heavy atom. The summed E-state index contributed by atoms with van der Waals surface area (Å²) in [5, 5.41) is 2.89. The van der Waals surface area contributed by atoms with Gasteiger partial charge >= 0.3 is 0 Å². The molecule has 82 valence electrons. The Hall–Kier alpha value is -1.45. The first-order chi connectivity index (χ1) is 7.04. The highest BCUT2D eigenvalue weighted by atomic mass is 16.1. The van der Waals surface area contributed by atoms with Crippen LogP contribution in [0.4, 0.5) is 0 Å². The van der Waals surface area contributed by atoms with E-state index in [-0.39, 0.29) is 11.9 Å². The summed E-state index contributed by atoms with van der Waals surface area (Å²) in [5.41, 5.74) is 1.28. The van der Waals surface area contributed by atoms with Crippen molar-refractivity contribution in [1.82, 2.24) is 15.3 Å². The summed E-state index contributed by atoms with van der Waals surface area (Å²) in [4.78, 5) is 19.9. The van der Waals surface area contributed by atoms with Crippen molar-refractivity contribution in [2.24, 2.45) is 0 Å². The average molecular weight is 207 g/mol. The van der Waals surface area contributed by atoms with Gasteiger partial charge in [0, 0.05) is 12.2 Å². The fraction of sp³-hybridized carbons (Fsp3) is 0.545. The van der Waals surface area contributed by atoms with Crippen LogP contribution in [-0.4, -0.2) is 21.9 Å². The number of amides is 1. The topological polar surface area (TPSA) is 54.9 Å². The van der Waals surface area contributed by atoms with Crippen LogP contribution in [0, 0.1) is 13.8 Å². The largest absolute Gasteiger partial charge is 0.349 e. The molecular weight excluding hydrogens is 190 g/mol. The first-order valence-corrected chi connectivity index (χ1v) is 5.15. The Balaban J connectivity index is 2.82. The van der Waals surface area contributed by atoms with Crippen molar-refractivity contribution in [3.05, 3.63) is 23.3 Å². The maximum Gasteiger partial charge on any atom is 0.254 e. The van der Waals surface area contributed by atoms with Crippen LogP contribution in [0.3, 0.4) is 0 Å². The quantitative estimate of drug-likeness (QED) is 0.819. The second-order valence-corrected chi connectivity index (χ2v) is 3.70. The monoisotopic (exact) mass is 207 g/mol. The zero-order chi connectivity index (χ0) is 11.4. The average Bonchev–Trinajstić information content (AvgIpc) is 2.17. The number of carbonyl (C=O) groups excluding carboxylic acids is 1. The molecule has 1 aromatic rings. The number of nitrogens with zero attached hydrogens (tertiary/aromatic N) is 2. The van der Waals surface area contributed by atoms with Crippen LogP contribution in [0.2, 0.25) is 0 Å². The minimum Gasteiger partial charge on any atom is -0.349 e. The van der Waals surface area contributed by atoms with Crippen molar-refractivity contribution in [1.29, 1.82) is 0 Å². The molecule has 0 saturated carbocycles. The minimum atomic E-state index is -0.0955. The van der Waals surface area contributed by atoms with Crippen molar-refractivity contribution in [2.45, 2.75) is 40.2 Å². The SMILES string of the molecule is CC[C@H](C)NC(=O)c1cnc(C)nc1C. The van der Waals surface area contributed by atoms with E-state index in [4.69, 9.17) is 0 Å². The first kappa shape index (κ1) is 11.6. The minimum absolute atomic E-state index is 0.0955. The Bertz CT molecular complexity index is 363. The molecule has 0 saturated heterocycles. The molecule has 1 N–H and O–H groups in total. The van der Waals surface area contributed by atoms with Crippen LogP contribution in [0.25, 0.3) is 0 Å². The van der Waals surface area contributed by atoms with Crippen LogP contribution >= 0.6 is 0 Å². The number of hydrogen-bond acceptors (Lipinski definition) is 3. The zero-order valence-electron chi connectivity index (χ0n) is 9.66. The van der Waals surface area contributed by atoms with E-state index in [0.717, 1.165) is 12.1 Å². The molecule has 0 spiro atoms. The maximum atomic E-state index is 11.8. The van der Waals surface area contributed by atoms with E-state index < -0.39 is 0 Å². The smallest absolute Gasteiger partial charge is 0.254 e. The fourth-order valence-electron chi connectivity index (χ4n) is 1.21. The van der Waals surface area contributed by atoms with Crippen molar-refractivity contribution >= 4 is 5.91 Å². The Morgan fingerprint density at radius 1 is 1.53 bits per heavy atom. The molecule has 1 aromatic heterocycles. The van der Waals surface area contributed by atoms with Gasteiger partial charge in [0.15, 0.2) is 0 Å². The van der Waals surface area contributed by atoms with Crippen LogP contribution in [-0.2, 0) is 0 Å². The second kappa shape index (κ2) is 4.87. The summed E-state index contributed by atoms with van der Waals surface area (Å²) in [6.07, 6.45) is 2.49. The van der Waals surface area contributed by atoms with Gasteiger partial charge in [-0.2, -0.15) is 0 Å². The van der Waals surface area contributed by atoms with Crippen LogP contribution in [0.5, 0.6) is 0 Å². The van der Waals surface area contributed by atoms with Gasteiger partial charge in [-0.05, 0) is 27.2 Å². The maximum absolute atomic E-state index is 11.8. The lowest BCUT2D eigenvalue weighted by Gasteiger charge is -2.12. The molecule has 0 fully saturated rings. The molecule has 15 heavy (non-hydrogen) atoms. The molecule has 1 atom stereocenters. The predicted octanol–water partition coefficient (Wildman–Crippen LogP) is 1.62. The van der Waals surface area contributed by atoms with Gasteiger partial charge < -0.3 is 5.32 Å². The highest BCUT2D eigenvalue weighted by Crippen LogP contribution is 2.04. The molecule has 0 aliphatic carbocycles. The predicted molar refractivity (Wildman–Crippen MR) is 58.7 cm³/mol. The van der Waals surface area contributed by atoms with Gasteiger partial charge in [0.05, 0.1) is 11.3 Å². The van der Waals surface area contributed by atoms with E-state index in [1.807, 2.05) is 27.7 Å². The molecule has 4 nitrogen and oxygen atoms in total. The Labute approximate surface area is 90.1 Å². The van der Waals surface area contributed by atoms with Gasteiger partial charge in [0.25, 0.3) is 5.91 Å². The molecule has 0 unspecified atom stereocenters. The molecule has 1 rings (SSSR count). The van der Waals surface area contributed by atoms with Gasteiger partial charge in [-0.3, -0.25) is 4.79 Å². The molecule has 4 heteroatoms. The fourth-order valence-corrected chi connectivity index (χ4v) is 1.21. The number of nitrogens with one attached hydrogen (secondary N) is 1. The second-order valence-electron chi connectivity index (χ2n) is 3.70. The first-order valence-electron chi connectivity index (χ1n) is 5.15. The normalized spacial score (nSPS) is 12.3. The van der Waals surface area contributed by atoms with E-state index in [0.29, 0.717) is 11.4 Å². The molecular formula is C11H17N3O. The third-order valence-corrected chi connectivity index (χ3v) is 2.33. The van der Waals surface area contributed by atoms with Gasteiger partial charge in [-0.1, -0.05) is 6.92 Å². The van der Waals surface area contributed by atoms with E-state index in [1.165, 1.54) is 0 Å². The Kier molecular flexibility index (Phi) is 3.77. The van der Waals surface area contributed by atoms with Gasteiger partial charge in [-0.15, -0.1) is 0 Å². The van der Waals surface area contributed by atoms with Gasteiger partial charge in [-0.25, -0.2) is 9.97 Å². The summed E-state index contributed by atoms with van der Waals surface area (Å²) >= 11 is 0. The molecule has 0 radical (unpaired) electrons. The molecule has 0 bridgehead atoms. The number of hydrogen-bond donors (Lipinski definition) is 1. The van der Waals surface area contributed by atoms with Crippen LogP contribution < -0.4 is 5.32 Å². The standard InChI is InChI=1S/C11H17N3O/c1-5-7(2)13-11(15)10-6-12-9(4)14-8(10)3/h6-7H,5H2,1-4H3,(H,13,15)/t7-/m0/s1. The van der Waals surface area contributed by atoms with Crippen molar-refractivity contribution in [2.75, 3.05) is 0 Å². The lowest BCUT2D eigenvalue weighted by molar-refractivity contribution is 0.0938. The number of aryl methyl sites for hydroxylation is 2. The third kappa shape index (κ3) is 3.01. The van der Waals surface area contributed by atoms with E-state index in [1.54, 1.807) is 6.20 Å². The summed E-state index contributed by atoms with van der Waals surface area (Å²) in [7, 11) is 0. The van der Waals surface area contributed by atoms with E-state index in [2.05, 4.69) is 15.3 Å². The summed E-state index contributed by atoms with van der Waals surface area (Å²) in [6, 6.07) is 0.179. The zero-order valence-corrected chi connectivity index (χ0v) is 9.66. The summed E-state index contributed by atoms with van der Waals surface area (Å²) in [6.45, 7) is 7.63. The molecule has 0 aliphatic heterocycles. The van der Waals surface area contributed by atoms with Gasteiger partial charge in [0.2, 0.25) is 0 Å². The summed E-state index contributed by atoms with van der Waals surface area (Å²) < 4.78 is 0. The van der Waals surface area contributed by atoms with E-state index in [9.17, 15) is 4.79 Å². The van der Waals surface area contributed by atoms with Crippen molar-refractivity contribution in [3.63, 3.8) is 0 Å². The number of carbonyl (C=O) groups is 1. The molecule has 0 aromatic carbocycles. The lowest BCUT2D eigenvalue weighted by Crippen LogP contribution is -2.32. The van der Waals surface area contributed by atoms with E-state index >= 15 is 0 Å². The number of rotatable bonds is 3. The van der Waals surface area contributed by atoms with Crippen LogP contribution in [0.1, 0.15) is 42.1 Å². The lowest BCUT2D eigenvalue weighted by atomic mass is 10.2.